The molecule has 1 fully saturated rings. The fourth-order valence-corrected chi connectivity index (χ4v) is 5.18. The van der Waals surface area contributed by atoms with Crippen molar-refractivity contribution in [3.05, 3.63) is 70.8 Å². The zero-order valence-electron chi connectivity index (χ0n) is 17.9. The smallest absolute Gasteiger partial charge is 0.261 e. The highest BCUT2D eigenvalue weighted by Crippen LogP contribution is 2.36. The third kappa shape index (κ3) is 3.71. The Balaban J connectivity index is 1.19. The molecule has 3 aromatic rings. The molecule has 1 aromatic heterocycles. The highest BCUT2D eigenvalue weighted by molar-refractivity contribution is 5.77. The van der Waals surface area contributed by atoms with Crippen LogP contribution >= 0.6 is 0 Å². The molecule has 1 unspecified atom stereocenters. The number of piperidine rings is 1. The van der Waals surface area contributed by atoms with Crippen LogP contribution < -0.4 is 10.5 Å². The molecule has 160 valence electrons. The normalized spacial score (nSPS) is 19.1. The summed E-state index contributed by atoms with van der Waals surface area (Å²) in [5.41, 5.74) is 3.40. The van der Waals surface area contributed by atoms with Crippen LogP contribution in [0.15, 0.2) is 59.7 Å². The Kier molecular flexibility index (Phi) is 5.22. The summed E-state index contributed by atoms with van der Waals surface area (Å²) in [4.78, 5) is 34.3. The largest absolute Gasteiger partial charge is 0.365 e. The third-order valence-electron chi connectivity index (χ3n) is 6.77. The Morgan fingerprint density at radius 3 is 2.65 bits per heavy atom. The van der Waals surface area contributed by atoms with Gasteiger partial charge in [-0.2, -0.15) is 0 Å². The molecule has 2 aliphatic rings. The van der Waals surface area contributed by atoms with E-state index in [1.807, 2.05) is 23.1 Å². The lowest BCUT2D eigenvalue weighted by molar-refractivity contribution is -0.132. The molecule has 6 nitrogen and oxygen atoms in total. The van der Waals surface area contributed by atoms with E-state index in [0.717, 1.165) is 32.4 Å². The molecule has 6 heteroatoms. The highest BCUT2D eigenvalue weighted by atomic mass is 16.2. The van der Waals surface area contributed by atoms with E-state index in [0.29, 0.717) is 36.0 Å². The summed E-state index contributed by atoms with van der Waals surface area (Å²) in [5, 5.41) is 0.596. The molecule has 5 rings (SSSR count). The number of nitrogens with zero attached hydrogens (tertiary/aromatic N) is 4. The number of benzene rings is 2. The first-order valence-electron chi connectivity index (χ1n) is 11.2. The molecule has 2 aliphatic heterocycles. The van der Waals surface area contributed by atoms with E-state index < -0.39 is 0 Å². The number of hydrogen-bond donors (Lipinski definition) is 0. The molecule has 0 radical (unpaired) electrons. The van der Waals surface area contributed by atoms with Crippen molar-refractivity contribution in [2.24, 2.45) is 0 Å². The van der Waals surface area contributed by atoms with Crippen LogP contribution in [0.4, 0.5) is 5.69 Å². The molecule has 3 heterocycles. The Bertz CT molecular complexity index is 1160. The second kappa shape index (κ2) is 8.17. The van der Waals surface area contributed by atoms with Crippen LogP contribution in [0.3, 0.4) is 0 Å². The van der Waals surface area contributed by atoms with Crippen LogP contribution in [0.25, 0.3) is 10.9 Å². The Morgan fingerprint density at radius 1 is 1.06 bits per heavy atom. The molecule has 0 spiro atoms. The number of fused-ring (bicyclic) bond motifs is 2. The van der Waals surface area contributed by atoms with Gasteiger partial charge in [-0.25, -0.2) is 4.98 Å². The first-order valence-corrected chi connectivity index (χ1v) is 11.2. The van der Waals surface area contributed by atoms with Crippen LogP contribution in [-0.2, 0) is 17.8 Å². The van der Waals surface area contributed by atoms with Gasteiger partial charge in [-0.05, 0) is 49.9 Å². The lowest BCUT2D eigenvalue weighted by atomic mass is 10.0. The van der Waals surface area contributed by atoms with Crippen LogP contribution in [0.5, 0.6) is 0 Å². The van der Waals surface area contributed by atoms with E-state index >= 15 is 0 Å². The van der Waals surface area contributed by atoms with Crippen LogP contribution in [0.2, 0.25) is 0 Å². The van der Waals surface area contributed by atoms with Gasteiger partial charge in [-0.15, -0.1) is 0 Å². The monoisotopic (exact) mass is 416 g/mol. The van der Waals surface area contributed by atoms with Crippen molar-refractivity contribution >= 4 is 22.5 Å². The fraction of sp³-hybridized carbons (Fsp3) is 0.400. The maximum atomic E-state index is 12.8. The molecule has 0 N–H and O–H groups in total. The summed E-state index contributed by atoms with van der Waals surface area (Å²) >= 11 is 0. The topological polar surface area (TPSA) is 58.4 Å². The molecule has 1 amide bonds. The van der Waals surface area contributed by atoms with Gasteiger partial charge in [0.1, 0.15) is 0 Å². The fourth-order valence-electron chi connectivity index (χ4n) is 5.18. The Hall–Kier alpha value is -3.15. The lowest BCUT2D eigenvalue weighted by Gasteiger charge is -2.40. The molecule has 1 saturated heterocycles. The first kappa shape index (κ1) is 19.8. The van der Waals surface area contributed by atoms with Crippen molar-refractivity contribution < 1.29 is 4.79 Å². The first-order chi connectivity index (χ1) is 15.1. The average molecular weight is 417 g/mol. The van der Waals surface area contributed by atoms with E-state index in [1.54, 1.807) is 17.0 Å². The SMILES string of the molecule is CC1Cc2ccccc2N1C1CCN(C(=O)CCn2cnc3ccccc3c2=O)CC1. The van der Waals surface area contributed by atoms with E-state index in [1.165, 1.54) is 11.3 Å². The molecule has 0 bridgehead atoms. The summed E-state index contributed by atoms with van der Waals surface area (Å²) < 4.78 is 1.55. The van der Waals surface area contributed by atoms with Crippen molar-refractivity contribution in [2.75, 3.05) is 18.0 Å². The zero-order chi connectivity index (χ0) is 21.4. The predicted octanol–water partition coefficient (Wildman–Crippen LogP) is 3.23. The van der Waals surface area contributed by atoms with Crippen LogP contribution in [0.1, 0.15) is 31.7 Å². The molecule has 0 saturated carbocycles. The second-order valence-electron chi connectivity index (χ2n) is 8.71. The number of anilines is 1. The van der Waals surface area contributed by atoms with Crippen LogP contribution in [-0.4, -0.2) is 45.5 Å². The predicted molar refractivity (Wildman–Crippen MR) is 122 cm³/mol. The van der Waals surface area contributed by atoms with Crippen molar-refractivity contribution in [1.82, 2.24) is 14.5 Å². The van der Waals surface area contributed by atoms with Gasteiger partial charge in [0.2, 0.25) is 5.91 Å². The van der Waals surface area contributed by atoms with Crippen molar-refractivity contribution in [1.29, 1.82) is 0 Å². The Labute approximate surface area is 182 Å². The maximum Gasteiger partial charge on any atom is 0.261 e. The number of carbonyl (C=O) groups excluding carboxylic acids is 1. The molecular weight excluding hydrogens is 388 g/mol. The van der Waals surface area contributed by atoms with Gasteiger partial charge >= 0.3 is 0 Å². The number of para-hydroxylation sites is 2. The average Bonchev–Trinajstić information content (AvgIpc) is 3.14. The number of amides is 1. The molecular formula is C25H28N4O2. The summed E-state index contributed by atoms with van der Waals surface area (Å²) in [6.07, 6.45) is 4.96. The van der Waals surface area contributed by atoms with Gasteiger partial charge in [-0.3, -0.25) is 14.2 Å². The molecule has 1 atom stereocenters. The third-order valence-corrected chi connectivity index (χ3v) is 6.77. The van der Waals surface area contributed by atoms with E-state index in [9.17, 15) is 9.59 Å². The maximum absolute atomic E-state index is 12.8. The van der Waals surface area contributed by atoms with Crippen molar-refractivity contribution in [3.8, 4) is 0 Å². The van der Waals surface area contributed by atoms with E-state index in [2.05, 4.69) is 41.1 Å². The Morgan fingerprint density at radius 2 is 1.81 bits per heavy atom. The van der Waals surface area contributed by atoms with Gasteiger partial charge in [0.15, 0.2) is 0 Å². The van der Waals surface area contributed by atoms with Gasteiger partial charge in [0, 0.05) is 43.8 Å². The number of hydrogen-bond acceptors (Lipinski definition) is 4. The van der Waals surface area contributed by atoms with Gasteiger partial charge in [0.25, 0.3) is 5.56 Å². The zero-order valence-corrected chi connectivity index (χ0v) is 17.9. The lowest BCUT2D eigenvalue weighted by Crippen LogP contribution is -2.48. The van der Waals surface area contributed by atoms with E-state index in [-0.39, 0.29) is 11.5 Å². The molecule has 2 aromatic carbocycles. The summed E-state index contributed by atoms with van der Waals surface area (Å²) in [6, 6.07) is 17.0. The summed E-state index contributed by atoms with van der Waals surface area (Å²) in [7, 11) is 0. The van der Waals surface area contributed by atoms with Gasteiger partial charge < -0.3 is 9.80 Å². The van der Waals surface area contributed by atoms with Crippen LogP contribution in [0, 0.1) is 0 Å². The van der Waals surface area contributed by atoms with Crippen molar-refractivity contribution in [2.45, 2.75) is 51.2 Å². The summed E-state index contributed by atoms with van der Waals surface area (Å²) in [5.74, 6) is 0.119. The van der Waals surface area contributed by atoms with Gasteiger partial charge in [0.05, 0.1) is 17.2 Å². The standard InChI is InChI=1S/C25H28N4O2/c1-18-16-19-6-2-5-9-23(19)29(18)20-10-13-27(14-11-20)24(30)12-15-28-17-26-22-8-4-3-7-21(22)25(28)31/h2-9,17-18,20H,10-16H2,1H3. The summed E-state index contributed by atoms with van der Waals surface area (Å²) in [6.45, 7) is 4.22. The molecule has 0 aliphatic carbocycles. The number of carbonyl (C=O) groups is 1. The second-order valence-corrected chi connectivity index (χ2v) is 8.71. The number of aromatic nitrogens is 2. The number of rotatable bonds is 4. The molecule has 31 heavy (non-hydrogen) atoms. The van der Waals surface area contributed by atoms with Crippen molar-refractivity contribution in [3.63, 3.8) is 0 Å². The van der Waals surface area contributed by atoms with Gasteiger partial charge in [-0.1, -0.05) is 30.3 Å². The quantitative estimate of drug-likeness (QED) is 0.655. The van der Waals surface area contributed by atoms with E-state index in [4.69, 9.17) is 0 Å². The number of aryl methyl sites for hydroxylation is 1. The minimum atomic E-state index is -0.0844. The highest BCUT2D eigenvalue weighted by Gasteiger charge is 2.34. The minimum absolute atomic E-state index is 0.0844. The minimum Gasteiger partial charge on any atom is -0.365 e. The number of likely N-dealkylation sites (tertiary alicyclic amines) is 1.